The fourth-order valence-electron chi connectivity index (χ4n) is 1.68. The average Bonchev–Trinajstić information content (AvgIpc) is 2.42. The minimum absolute atomic E-state index is 0.236. The van der Waals surface area contributed by atoms with Crippen LogP contribution in [0, 0.1) is 11.3 Å². The van der Waals surface area contributed by atoms with Gasteiger partial charge in [-0.25, -0.2) is 9.97 Å². The van der Waals surface area contributed by atoms with Crippen molar-refractivity contribution in [2.45, 2.75) is 60.8 Å². The lowest BCUT2D eigenvalue weighted by molar-refractivity contribution is 0.269. The summed E-state index contributed by atoms with van der Waals surface area (Å²) in [6.45, 7) is 17.3. The number of anilines is 2. The number of rotatable bonds is 8. The Morgan fingerprint density at radius 2 is 1.62 bits per heavy atom. The molecule has 0 aliphatic heterocycles. The van der Waals surface area contributed by atoms with Crippen molar-refractivity contribution in [1.29, 1.82) is 0 Å². The van der Waals surface area contributed by atoms with E-state index in [1.54, 1.807) is 0 Å². The summed E-state index contributed by atoms with van der Waals surface area (Å²) in [5.41, 5.74) is 0.236. The Bertz CT molecular complexity index is 438. The highest BCUT2D eigenvalue weighted by molar-refractivity contribution is 5.48. The van der Waals surface area contributed by atoms with Gasteiger partial charge in [-0.15, -0.1) is 0 Å². The Balaban J connectivity index is 2.87. The van der Waals surface area contributed by atoms with E-state index in [0.717, 1.165) is 37.0 Å². The zero-order valence-corrected chi connectivity index (χ0v) is 14.7. The van der Waals surface area contributed by atoms with Crippen LogP contribution in [-0.4, -0.2) is 23.1 Å². The third-order valence-electron chi connectivity index (χ3n) is 4.10. The number of nitrogens with one attached hydrogen (secondary N) is 2. The first kappa shape index (κ1) is 17.7. The molecule has 0 unspecified atom stereocenters. The van der Waals surface area contributed by atoms with Crippen molar-refractivity contribution in [2.75, 3.05) is 23.7 Å². The van der Waals surface area contributed by atoms with Crippen LogP contribution in [0.2, 0.25) is 0 Å². The lowest BCUT2D eigenvalue weighted by Gasteiger charge is -2.29. The van der Waals surface area contributed by atoms with Gasteiger partial charge in [0.1, 0.15) is 17.5 Å². The minimum Gasteiger partial charge on any atom is -0.370 e. The molecule has 0 saturated carbocycles. The molecule has 1 heterocycles. The Labute approximate surface area is 130 Å². The molecule has 0 radical (unpaired) electrons. The van der Waals surface area contributed by atoms with Gasteiger partial charge in [0, 0.05) is 25.1 Å². The van der Waals surface area contributed by atoms with Crippen LogP contribution in [0.4, 0.5) is 11.6 Å². The predicted molar refractivity (Wildman–Crippen MR) is 92.0 cm³/mol. The van der Waals surface area contributed by atoms with E-state index >= 15 is 0 Å². The van der Waals surface area contributed by atoms with E-state index in [9.17, 15) is 0 Å². The molecule has 2 N–H and O–H groups in total. The van der Waals surface area contributed by atoms with Crippen molar-refractivity contribution in [3.8, 4) is 0 Å². The Morgan fingerprint density at radius 3 is 2.10 bits per heavy atom. The minimum atomic E-state index is 0.236. The maximum atomic E-state index is 4.64. The number of aromatic nitrogens is 2. The maximum absolute atomic E-state index is 4.64. The monoisotopic (exact) mass is 292 g/mol. The van der Waals surface area contributed by atoms with Crippen molar-refractivity contribution in [3.05, 3.63) is 11.9 Å². The van der Waals surface area contributed by atoms with E-state index < -0.39 is 0 Å². The van der Waals surface area contributed by atoms with E-state index in [-0.39, 0.29) is 5.41 Å². The fourth-order valence-corrected chi connectivity index (χ4v) is 1.68. The maximum Gasteiger partial charge on any atom is 0.135 e. The van der Waals surface area contributed by atoms with Crippen molar-refractivity contribution >= 4 is 11.6 Å². The molecule has 1 aromatic heterocycles. The van der Waals surface area contributed by atoms with Crippen molar-refractivity contribution < 1.29 is 0 Å². The summed E-state index contributed by atoms with van der Waals surface area (Å²) in [6.07, 6.45) is 1.09. The van der Waals surface area contributed by atoms with Crippen LogP contribution in [0.3, 0.4) is 0 Å². The standard InChI is InChI=1S/C17H32N4/c1-8-9-18-14-10-15(21-16(20-14)12(2)3)19-11-17(6,7)13(4)5/h10,12-13H,8-9,11H2,1-7H3,(H2,18,19,20,21). The molecule has 0 aliphatic carbocycles. The molecule has 0 aromatic carbocycles. The number of hydrogen-bond acceptors (Lipinski definition) is 4. The van der Waals surface area contributed by atoms with E-state index in [1.807, 2.05) is 6.07 Å². The molecule has 21 heavy (non-hydrogen) atoms. The molecule has 1 aromatic rings. The van der Waals surface area contributed by atoms with Gasteiger partial charge in [-0.2, -0.15) is 0 Å². The molecule has 120 valence electrons. The molecule has 0 fully saturated rings. The summed E-state index contributed by atoms with van der Waals surface area (Å²) in [5, 5.41) is 6.85. The predicted octanol–water partition coefficient (Wildman–Crippen LogP) is 4.52. The summed E-state index contributed by atoms with van der Waals surface area (Å²) in [5.74, 6) is 3.67. The zero-order chi connectivity index (χ0) is 16.0. The number of nitrogens with zero attached hydrogens (tertiary/aromatic N) is 2. The zero-order valence-electron chi connectivity index (χ0n) is 14.7. The van der Waals surface area contributed by atoms with Gasteiger partial charge in [-0.3, -0.25) is 0 Å². The van der Waals surface area contributed by atoms with E-state index in [4.69, 9.17) is 0 Å². The molecule has 4 heteroatoms. The van der Waals surface area contributed by atoms with Gasteiger partial charge in [-0.1, -0.05) is 48.5 Å². The van der Waals surface area contributed by atoms with Gasteiger partial charge in [0.05, 0.1) is 0 Å². The number of hydrogen-bond donors (Lipinski definition) is 2. The second kappa shape index (κ2) is 7.62. The normalized spacial score (nSPS) is 12.0. The first-order valence-corrected chi connectivity index (χ1v) is 8.13. The molecular weight excluding hydrogens is 260 g/mol. The third-order valence-corrected chi connectivity index (χ3v) is 4.10. The van der Waals surface area contributed by atoms with Crippen LogP contribution in [0.25, 0.3) is 0 Å². The topological polar surface area (TPSA) is 49.8 Å². The summed E-state index contributed by atoms with van der Waals surface area (Å²) < 4.78 is 0. The average molecular weight is 292 g/mol. The molecule has 0 amide bonds. The third kappa shape index (κ3) is 5.52. The Hall–Kier alpha value is -1.32. The van der Waals surface area contributed by atoms with Crippen LogP contribution in [0.15, 0.2) is 6.07 Å². The Kier molecular flexibility index (Phi) is 6.43. The quantitative estimate of drug-likeness (QED) is 0.740. The first-order chi connectivity index (χ1) is 9.76. The van der Waals surface area contributed by atoms with Crippen LogP contribution in [0.5, 0.6) is 0 Å². The summed E-state index contributed by atoms with van der Waals surface area (Å²) in [6, 6.07) is 2.01. The van der Waals surface area contributed by atoms with Crippen LogP contribution < -0.4 is 10.6 Å². The fraction of sp³-hybridized carbons (Fsp3) is 0.765. The van der Waals surface area contributed by atoms with E-state index in [0.29, 0.717) is 11.8 Å². The lowest BCUT2D eigenvalue weighted by Crippen LogP contribution is -2.29. The highest BCUT2D eigenvalue weighted by Crippen LogP contribution is 2.26. The lowest BCUT2D eigenvalue weighted by atomic mass is 9.81. The Morgan fingerprint density at radius 1 is 1.05 bits per heavy atom. The molecule has 4 nitrogen and oxygen atoms in total. The van der Waals surface area contributed by atoms with Crippen LogP contribution in [-0.2, 0) is 0 Å². The second-order valence-corrected chi connectivity index (χ2v) is 7.07. The smallest absolute Gasteiger partial charge is 0.135 e. The molecule has 0 bridgehead atoms. The van der Waals surface area contributed by atoms with Gasteiger partial charge in [0.15, 0.2) is 0 Å². The first-order valence-electron chi connectivity index (χ1n) is 8.13. The largest absolute Gasteiger partial charge is 0.370 e. The van der Waals surface area contributed by atoms with E-state index in [2.05, 4.69) is 69.1 Å². The van der Waals surface area contributed by atoms with Crippen LogP contribution >= 0.6 is 0 Å². The summed E-state index contributed by atoms with van der Waals surface area (Å²) in [4.78, 5) is 9.23. The molecule has 0 atom stereocenters. The summed E-state index contributed by atoms with van der Waals surface area (Å²) >= 11 is 0. The molecule has 0 saturated heterocycles. The van der Waals surface area contributed by atoms with Gasteiger partial charge in [0.25, 0.3) is 0 Å². The van der Waals surface area contributed by atoms with Gasteiger partial charge >= 0.3 is 0 Å². The van der Waals surface area contributed by atoms with Crippen LogP contribution in [0.1, 0.15) is 66.6 Å². The highest BCUT2D eigenvalue weighted by atomic mass is 15.1. The van der Waals surface area contributed by atoms with Gasteiger partial charge < -0.3 is 10.6 Å². The molecule has 0 aliphatic rings. The van der Waals surface area contributed by atoms with Crippen molar-refractivity contribution in [3.63, 3.8) is 0 Å². The molecule has 1 rings (SSSR count). The molecular formula is C17H32N4. The molecule has 0 spiro atoms. The summed E-state index contributed by atoms with van der Waals surface area (Å²) in [7, 11) is 0. The van der Waals surface area contributed by atoms with Gasteiger partial charge in [-0.05, 0) is 17.8 Å². The van der Waals surface area contributed by atoms with E-state index in [1.165, 1.54) is 0 Å². The second-order valence-electron chi connectivity index (χ2n) is 7.07. The SMILES string of the molecule is CCCNc1cc(NCC(C)(C)C(C)C)nc(C(C)C)n1. The highest BCUT2D eigenvalue weighted by Gasteiger charge is 2.22. The van der Waals surface area contributed by atoms with Crippen molar-refractivity contribution in [2.24, 2.45) is 11.3 Å². The van der Waals surface area contributed by atoms with Crippen molar-refractivity contribution in [1.82, 2.24) is 9.97 Å². The van der Waals surface area contributed by atoms with Gasteiger partial charge in [0.2, 0.25) is 0 Å².